The summed E-state index contributed by atoms with van der Waals surface area (Å²) >= 11 is 0. The normalized spacial score (nSPS) is 23.2. The van der Waals surface area contributed by atoms with E-state index in [4.69, 9.17) is 9.72 Å². The summed E-state index contributed by atoms with van der Waals surface area (Å²) in [4.78, 5) is 24.3. The smallest absolute Gasteiger partial charge is 0.225 e. The van der Waals surface area contributed by atoms with Crippen LogP contribution in [0.2, 0.25) is 0 Å². The highest BCUT2D eigenvalue weighted by atomic mass is 16.5. The first kappa shape index (κ1) is 24.4. The number of anilines is 1. The maximum Gasteiger partial charge on any atom is 0.225 e. The average Bonchev–Trinajstić information content (AvgIpc) is 3.70. The van der Waals surface area contributed by atoms with E-state index in [-0.39, 0.29) is 11.5 Å². The molecule has 0 N–H and O–H groups in total. The van der Waals surface area contributed by atoms with Crippen molar-refractivity contribution in [3.8, 4) is 11.3 Å². The van der Waals surface area contributed by atoms with Crippen molar-refractivity contribution in [2.75, 3.05) is 51.3 Å². The van der Waals surface area contributed by atoms with Crippen LogP contribution in [0.25, 0.3) is 16.8 Å². The van der Waals surface area contributed by atoms with Gasteiger partial charge in [0.25, 0.3) is 0 Å². The molecular weight excluding hydrogens is 464 g/mol. The van der Waals surface area contributed by atoms with Gasteiger partial charge in [-0.05, 0) is 64.3 Å². The van der Waals surface area contributed by atoms with Gasteiger partial charge in [0.2, 0.25) is 5.91 Å². The largest absolute Gasteiger partial charge is 0.372 e. The standard InChI is InChI=1S/C29H38N6O2/c1-21(2)34-12-4-10-29(20-34,37-3)24-7-8-25(30-18-24)23-17-27-26(9-11-31-35(27)19-23)32-13-15-33(16-14-32)28(36)22-5-6-22/h7-9,11,17-19,21-22H,4-6,10,12-16,20H2,1-3H3/t29-/m0/s1. The van der Waals surface area contributed by atoms with Gasteiger partial charge in [-0.3, -0.25) is 14.7 Å². The number of nitrogens with zero attached hydrogens (tertiary/aromatic N) is 6. The number of aromatic nitrogens is 3. The number of carbonyl (C=O) groups is 1. The van der Waals surface area contributed by atoms with Gasteiger partial charge in [-0.25, -0.2) is 4.52 Å². The number of pyridine rings is 1. The van der Waals surface area contributed by atoms with E-state index >= 15 is 0 Å². The summed E-state index contributed by atoms with van der Waals surface area (Å²) < 4.78 is 8.08. The van der Waals surface area contributed by atoms with Gasteiger partial charge >= 0.3 is 0 Å². The van der Waals surface area contributed by atoms with Crippen LogP contribution in [0.1, 0.15) is 45.1 Å². The van der Waals surface area contributed by atoms with E-state index in [1.165, 1.54) is 0 Å². The summed E-state index contributed by atoms with van der Waals surface area (Å²) in [6.45, 7) is 9.78. The molecule has 1 amide bonds. The third kappa shape index (κ3) is 4.61. The number of amides is 1. The Hall–Kier alpha value is -2.97. The predicted molar refractivity (Wildman–Crippen MR) is 145 cm³/mol. The SMILES string of the molecule is CO[C@@]1(c2ccc(-c3cc4c(N5CCN(C(=O)C6CC6)CC5)ccnn4c3)nc2)CCCN(C(C)C)C1. The van der Waals surface area contributed by atoms with Crippen LogP contribution in [0.15, 0.2) is 42.9 Å². The predicted octanol–water partition coefficient (Wildman–Crippen LogP) is 3.80. The summed E-state index contributed by atoms with van der Waals surface area (Å²) in [5.74, 6) is 0.636. The van der Waals surface area contributed by atoms with Crippen LogP contribution in [0.5, 0.6) is 0 Å². The Labute approximate surface area is 219 Å². The zero-order valence-electron chi connectivity index (χ0n) is 22.3. The van der Waals surface area contributed by atoms with Gasteiger partial charge in [-0.1, -0.05) is 6.07 Å². The maximum atomic E-state index is 12.5. The number of fused-ring (bicyclic) bond motifs is 1. The Kier molecular flexibility index (Phi) is 6.41. The van der Waals surface area contributed by atoms with E-state index in [0.29, 0.717) is 11.9 Å². The minimum atomic E-state index is -0.308. The maximum absolute atomic E-state index is 12.5. The molecule has 8 nitrogen and oxygen atoms in total. The Balaban J connectivity index is 1.22. The van der Waals surface area contributed by atoms with Gasteiger partial charge in [-0.2, -0.15) is 5.10 Å². The Bertz CT molecular complexity index is 1260. The lowest BCUT2D eigenvalue weighted by Crippen LogP contribution is -2.49. The molecule has 2 saturated heterocycles. The molecular formula is C29H38N6O2. The van der Waals surface area contributed by atoms with Gasteiger partial charge in [0.1, 0.15) is 5.60 Å². The van der Waals surface area contributed by atoms with Gasteiger partial charge in [-0.15, -0.1) is 0 Å². The van der Waals surface area contributed by atoms with Crippen LogP contribution in [-0.4, -0.2) is 82.7 Å². The molecule has 3 aliphatic rings. The Morgan fingerprint density at radius 1 is 1.11 bits per heavy atom. The van der Waals surface area contributed by atoms with Crippen LogP contribution < -0.4 is 4.90 Å². The fourth-order valence-electron chi connectivity index (χ4n) is 6.01. The molecule has 0 bridgehead atoms. The van der Waals surface area contributed by atoms with Crippen molar-refractivity contribution in [3.05, 3.63) is 48.4 Å². The van der Waals surface area contributed by atoms with Crippen molar-refractivity contribution >= 4 is 17.1 Å². The average molecular weight is 503 g/mol. The monoisotopic (exact) mass is 502 g/mol. The highest BCUT2D eigenvalue weighted by Gasteiger charge is 2.38. The van der Waals surface area contributed by atoms with E-state index in [9.17, 15) is 4.79 Å². The van der Waals surface area contributed by atoms with E-state index in [0.717, 1.165) is 93.0 Å². The Morgan fingerprint density at radius 3 is 2.59 bits per heavy atom. The number of methoxy groups -OCH3 is 1. The number of likely N-dealkylation sites (tertiary alicyclic amines) is 1. The topological polar surface area (TPSA) is 66.2 Å². The second kappa shape index (κ2) is 9.72. The van der Waals surface area contributed by atoms with E-state index in [2.05, 4.69) is 59.2 Å². The lowest BCUT2D eigenvalue weighted by Gasteiger charge is -2.43. The summed E-state index contributed by atoms with van der Waals surface area (Å²) in [5, 5.41) is 4.57. The molecule has 3 fully saturated rings. The van der Waals surface area contributed by atoms with Gasteiger partial charge < -0.3 is 14.5 Å². The zero-order valence-corrected chi connectivity index (χ0v) is 22.3. The molecule has 37 heavy (non-hydrogen) atoms. The molecule has 5 heterocycles. The Morgan fingerprint density at radius 2 is 1.92 bits per heavy atom. The minimum absolute atomic E-state index is 0.289. The lowest BCUT2D eigenvalue weighted by atomic mass is 9.85. The van der Waals surface area contributed by atoms with Crippen LogP contribution in [-0.2, 0) is 15.1 Å². The first-order valence-corrected chi connectivity index (χ1v) is 13.7. The highest BCUT2D eigenvalue weighted by Crippen LogP contribution is 2.36. The van der Waals surface area contributed by atoms with Crippen LogP contribution in [0, 0.1) is 5.92 Å². The first-order chi connectivity index (χ1) is 18.0. The van der Waals surface area contributed by atoms with Crippen LogP contribution in [0.4, 0.5) is 5.69 Å². The molecule has 1 saturated carbocycles. The molecule has 8 heteroatoms. The zero-order chi connectivity index (χ0) is 25.6. The van der Waals surface area contributed by atoms with Crippen molar-refractivity contribution < 1.29 is 9.53 Å². The van der Waals surface area contributed by atoms with E-state index in [1.807, 2.05) is 28.9 Å². The molecule has 0 aromatic carbocycles. The summed E-state index contributed by atoms with van der Waals surface area (Å²) in [6, 6.07) is 9.06. The van der Waals surface area contributed by atoms with Crippen molar-refractivity contribution in [3.63, 3.8) is 0 Å². The van der Waals surface area contributed by atoms with Crippen molar-refractivity contribution in [1.29, 1.82) is 0 Å². The summed E-state index contributed by atoms with van der Waals surface area (Å²) in [7, 11) is 1.83. The fraction of sp³-hybridized carbons (Fsp3) is 0.552. The van der Waals surface area contributed by atoms with E-state index < -0.39 is 0 Å². The number of rotatable bonds is 6. The van der Waals surface area contributed by atoms with Gasteiger partial charge in [0.15, 0.2) is 0 Å². The second-order valence-corrected chi connectivity index (χ2v) is 11.2. The molecule has 6 rings (SSSR count). The number of piperazine rings is 1. The highest BCUT2D eigenvalue weighted by molar-refractivity contribution is 5.82. The van der Waals surface area contributed by atoms with Crippen molar-refractivity contribution in [2.45, 2.75) is 51.2 Å². The second-order valence-electron chi connectivity index (χ2n) is 11.2. The number of piperidine rings is 1. The number of hydrogen-bond acceptors (Lipinski definition) is 6. The number of carbonyl (C=O) groups excluding carboxylic acids is 1. The summed E-state index contributed by atoms with van der Waals surface area (Å²) in [6.07, 6.45) is 10.2. The third-order valence-electron chi connectivity index (χ3n) is 8.54. The molecule has 3 aromatic heterocycles. The number of hydrogen-bond donors (Lipinski definition) is 0. The molecule has 2 aliphatic heterocycles. The third-order valence-corrected chi connectivity index (χ3v) is 8.54. The minimum Gasteiger partial charge on any atom is -0.372 e. The molecule has 0 unspecified atom stereocenters. The first-order valence-electron chi connectivity index (χ1n) is 13.7. The lowest BCUT2D eigenvalue weighted by molar-refractivity contribution is -0.132. The molecule has 196 valence electrons. The summed E-state index contributed by atoms with van der Waals surface area (Å²) in [5.41, 5.74) is 5.04. The molecule has 1 aliphatic carbocycles. The molecule has 0 spiro atoms. The van der Waals surface area contributed by atoms with Crippen LogP contribution in [0.3, 0.4) is 0 Å². The van der Waals surface area contributed by atoms with Gasteiger partial charge in [0, 0.05) is 81.5 Å². The molecule has 1 atom stereocenters. The van der Waals surface area contributed by atoms with Crippen LogP contribution >= 0.6 is 0 Å². The fourth-order valence-corrected chi connectivity index (χ4v) is 6.01. The van der Waals surface area contributed by atoms with E-state index in [1.54, 1.807) is 0 Å². The van der Waals surface area contributed by atoms with Crippen molar-refractivity contribution in [2.24, 2.45) is 5.92 Å². The molecule has 3 aromatic rings. The van der Waals surface area contributed by atoms with Crippen molar-refractivity contribution in [1.82, 2.24) is 24.4 Å². The van der Waals surface area contributed by atoms with Gasteiger partial charge in [0.05, 0.1) is 16.9 Å². The number of ether oxygens (including phenoxy) is 1. The quantitative estimate of drug-likeness (QED) is 0.511. The molecule has 0 radical (unpaired) electrons.